The number of likely N-dealkylation sites (tertiary alicyclic amines) is 2. The third-order valence-corrected chi connectivity index (χ3v) is 4.93. The lowest BCUT2D eigenvalue weighted by molar-refractivity contribution is -0.906. The highest BCUT2D eigenvalue weighted by atomic mass is 35.5. The summed E-state index contributed by atoms with van der Waals surface area (Å²) in [6, 6.07) is 0. The third kappa shape index (κ3) is 8.71. The first-order valence-electron chi connectivity index (χ1n) is 8.62. The quantitative estimate of drug-likeness (QED) is 0.468. The maximum Gasteiger partial charge on any atom is 0.0773 e. The minimum absolute atomic E-state index is 0. The highest BCUT2D eigenvalue weighted by Gasteiger charge is 2.14. The lowest BCUT2D eigenvalue weighted by atomic mass is 10.2. The monoisotopic (exact) mass is 324 g/mol. The van der Waals surface area contributed by atoms with Crippen LogP contribution in [0.15, 0.2) is 0 Å². The van der Waals surface area contributed by atoms with E-state index in [0.29, 0.717) is 0 Å². The molecule has 0 bridgehead atoms. The first-order chi connectivity index (χ1) is 8.95. The standard InChI is InChI=1S/C16H32N2.2ClH/c1-2-6-12-17(11-5-1)15-9-10-16-18-13-7-3-4-8-14-18;;/h1-16H2;2*1H. The van der Waals surface area contributed by atoms with Gasteiger partial charge < -0.3 is 34.6 Å². The molecular weight excluding hydrogens is 291 g/mol. The van der Waals surface area contributed by atoms with Crippen LogP contribution in [0.2, 0.25) is 0 Å². The van der Waals surface area contributed by atoms with Crippen LogP contribution in [-0.4, -0.2) is 39.3 Å². The number of rotatable bonds is 5. The Kier molecular flexibility index (Phi) is 13.5. The average molecular weight is 325 g/mol. The molecule has 2 aliphatic heterocycles. The summed E-state index contributed by atoms with van der Waals surface area (Å²) in [5, 5.41) is 0. The average Bonchev–Trinajstić information content (AvgIpc) is 2.79. The van der Waals surface area contributed by atoms with Gasteiger partial charge in [-0.1, -0.05) is 0 Å². The van der Waals surface area contributed by atoms with E-state index in [1.54, 1.807) is 0 Å². The van der Waals surface area contributed by atoms with Crippen LogP contribution < -0.4 is 34.6 Å². The van der Waals surface area contributed by atoms with E-state index in [1.807, 2.05) is 9.80 Å². The smallest absolute Gasteiger partial charge is 0.0773 e. The molecule has 0 saturated carbocycles. The summed E-state index contributed by atoms with van der Waals surface area (Å²) in [5.41, 5.74) is 0. The van der Waals surface area contributed by atoms with Crippen LogP contribution in [-0.2, 0) is 0 Å². The molecule has 0 amide bonds. The van der Waals surface area contributed by atoms with E-state index in [2.05, 4.69) is 0 Å². The zero-order chi connectivity index (χ0) is 12.5. The molecule has 2 rings (SSSR count). The second-order valence-electron chi connectivity index (χ2n) is 6.54. The fraction of sp³-hybridized carbons (Fsp3) is 1.00. The van der Waals surface area contributed by atoms with Crippen molar-refractivity contribution in [1.82, 2.24) is 0 Å². The molecule has 0 atom stereocenters. The number of nitrogens with one attached hydrogen (secondary N) is 2. The first kappa shape index (κ1) is 20.5. The lowest BCUT2D eigenvalue weighted by Gasteiger charge is -2.19. The van der Waals surface area contributed by atoms with Crippen molar-refractivity contribution in [2.45, 2.75) is 64.2 Å². The molecular formula is C16H34Cl2N2. The zero-order valence-corrected chi connectivity index (χ0v) is 14.6. The van der Waals surface area contributed by atoms with Gasteiger partial charge in [-0.15, -0.1) is 0 Å². The van der Waals surface area contributed by atoms with Gasteiger partial charge in [0.25, 0.3) is 0 Å². The minimum Gasteiger partial charge on any atom is -1.00 e. The Hall–Kier alpha value is 0.500. The van der Waals surface area contributed by atoms with Gasteiger partial charge in [-0.05, 0) is 51.4 Å². The first-order valence-corrected chi connectivity index (χ1v) is 8.62. The minimum atomic E-state index is 0. The van der Waals surface area contributed by atoms with Crippen LogP contribution in [0, 0.1) is 0 Å². The van der Waals surface area contributed by atoms with Gasteiger partial charge in [-0.25, -0.2) is 0 Å². The number of unbranched alkanes of at least 4 members (excludes halogenated alkanes) is 1. The molecule has 2 nitrogen and oxygen atoms in total. The number of hydrogen-bond acceptors (Lipinski definition) is 0. The van der Waals surface area contributed by atoms with E-state index in [1.165, 1.54) is 103 Å². The van der Waals surface area contributed by atoms with Crippen molar-refractivity contribution in [3.8, 4) is 0 Å². The van der Waals surface area contributed by atoms with E-state index in [9.17, 15) is 0 Å². The maximum absolute atomic E-state index is 1.90. The predicted molar refractivity (Wildman–Crippen MR) is 77.3 cm³/mol. The molecule has 0 unspecified atom stereocenters. The summed E-state index contributed by atoms with van der Waals surface area (Å²) in [7, 11) is 0. The van der Waals surface area contributed by atoms with Gasteiger partial charge in [0.1, 0.15) is 0 Å². The summed E-state index contributed by atoms with van der Waals surface area (Å²) in [4.78, 5) is 3.80. The molecule has 0 spiro atoms. The van der Waals surface area contributed by atoms with Crippen molar-refractivity contribution in [3.05, 3.63) is 0 Å². The van der Waals surface area contributed by atoms with Gasteiger partial charge in [0.15, 0.2) is 0 Å². The Morgan fingerprint density at radius 1 is 0.450 bits per heavy atom. The Morgan fingerprint density at radius 2 is 0.750 bits per heavy atom. The van der Waals surface area contributed by atoms with Crippen molar-refractivity contribution >= 4 is 0 Å². The molecule has 0 aromatic carbocycles. The van der Waals surface area contributed by atoms with Crippen molar-refractivity contribution in [1.29, 1.82) is 0 Å². The topological polar surface area (TPSA) is 8.88 Å². The van der Waals surface area contributed by atoms with E-state index in [0.717, 1.165) is 0 Å². The fourth-order valence-corrected chi connectivity index (χ4v) is 3.71. The Balaban J connectivity index is 0.00000180. The molecule has 4 heteroatoms. The molecule has 0 aliphatic carbocycles. The Morgan fingerprint density at radius 3 is 1.05 bits per heavy atom. The van der Waals surface area contributed by atoms with Crippen LogP contribution in [0.3, 0.4) is 0 Å². The molecule has 2 aliphatic rings. The molecule has 0 radical (unpaired) electrons. The second kappa shape index (κ2) is 13.2. The normalized spacial score (nSPS) is 22.2. The molecule has 122 valence electrons. The van der Waals surface area contributed by atoms with E-state index in [-0.39, 0.29) is 24.8 Å². The molecule has 2 heterocycles. The summed E-state index contributed by atoms with van der Waals surface area (Å²) >= 11 is 0. The van der Waals surface area contributed by atoms with Crippen molar-refractivity contribution in [2.24, 2.45) is 0 Å². The van der Waals surface area contributed by atoms with E-state index >= 15 is 0 Å². The largest absolute Gasteiger partial charge is 1.00 e. The zero-order valence-electron chi connectivity index (χ0n) is 13.1. The van der Waals surface area contributed by atoms with Crippen molar-refractivity contribution in [3.63, 3.8) is 0 Å². The SMILES string of the molecule is C1CCC[NH+](CCCC[NH+]2CCCCCC2)CC1.[Cl-].[Cl-]. The highest BCUT2D eigenvalue weighted by molar-refractivity contribution is 4.49. The molecule has 20 heavy (non-hydrogen) atoms. The summed E-state index contributed by atoms with van der Waals surface area (Å²) in [6.07, 6.45) is 14.8. The number of halogens is 2. The van der Waals surface area contributed by atoms with Crippen LogP contribution >= 0.6 is 0 Å². The van der Waals surface area contributed by atoms with Crippen LogP contribution in [0.1, 0.15) is 64.2 Å². The second-order valence-corrected chi connectivity index (χ2v) is 6.54. The predicted octanol–water partition coefficient (Wildman–Crippen LogP) is -5.31. The van der Waals surface area contributed by atoms with Crippen molar-refractivity contribution in [2.75, 3.05) is 39.3 Å². The maximum atomic E-state index is 1.90. The molecule has 2 fully saturated rings. The number of quaternary nitrogens is 2. The summed E-state index contributed by atoms with van der Waals surface area (Å²) in [5.74, 6) is 0. The molecule has 2 N–H and O–H groups in total. The number of hydrogen-bond donors (Lipinski definition) is 2. The fourth-order valence-electron chi connectivity index (χ4n) is 3.71. The van der Waals surface area contributed by atoms with Gasteiger partial charge in [0, 0.05) is 12.8 Å². The summed E-state index contributed by atoms with van der Waals surface area (Å²) in [6.45, 7) is 8.72. The molecule has 2 saturated heterocycles. The van der Waals surface area contributed by atoms with Gasteiger partial charge in [0.2, 0.25) is 0 Å². The van der Waals surface area contributed by atoms with Gasteiger partial charge in [0.05, 0.1) is 39.3 Å². The van der Waals surface area contributed by atoms with Crippen LogP contribution in [0.5, 0.6) is 0 Å². The Labute approximate surface area is 138 Å². The van der Waals surface area contributed by atoms with Crippen LogP contribution in [0.4, 0.5) is 0 Å². The van der Waals surface area contributed by atoms with Gasteiger partial charge in [-0.3, -0.25) is 0 Å². The van der Waals surface area contributed by atoms with Gasteiger partial charge in [-0.2, -0.15) is 0 Å². The summed E-state index contributed by atoms with van der Waals surface area (Å²) < 4.78 is 0. The molecule has 0 aromatic rings. The van der Waals surface area contributed by atoms with E-state index < -0.39 is 0 Å². The van der Waals surface area contributed by atoms with Crippen LogP contribution in [0.25, 0.3) is 0 Å². The highest BCUT2D eigenvalue weighted by Crippen LogP contribution is 2.00. The van der Waals surface area contributed by atoms with Crippen molar-refractivity contribution < 1.29 is 34.6 Å². The lowest BCUT2D eigenvalue weighted by Crippen LogP contribution is -3.12. The van der Waals surface area contributed by atoms with Gasteiger partial charge >= 0.3 is 0 Å². The van der Waals surface area contributed by atoms with E-state index in [4.69, 9.17) is 0 Å². The molecule has 0 aromatic heterocycles. The third-order valence-electron chi connectivity index (χ3n) is 4.93. The Bertz CT molecular complexity index is 177.